The SMILES string of the molecule is CC(CCCl)CCS(=O)(=O)CC1CCCO1. The van der Waals surface area contributed by atoms with Crippen molar-refractivity contribution >= 4 is 21.4 Å². The van der Waals surface area contributed by atoms with Crippen molar-refractivity contribution in [3.05, 3.63) is 0 Å². The number of ether oxygens (including phenoxy) is 1. The molecule has 5 heteroatoms. The van der Waals surface area contributed by atoms with Crippen LogP contribution in [0.25, 0.3) is 0 Å². The zero-order valence-electron chi connectivity index (χ0n) is 9.82. The molecule has 0 radical (unpaired) electrons. The Morgan fingerprint density at radius 1 is 1.44 bits per heavy atom. The van der Waals surface area contributed by atoms with E-state index in [1.165, 1.54) is 0 Å². The van der Waals surface area contributed by atoms with Gasteiger partial charge < -0.3 is 4.74 Å². The molecule has 0 aromatic heterocycles. The molecule has 1 saturated heterocycles. The average molecular weight is 269 g/mol. The summed E-state index contributed by atoms with van der Waals surface area (Å²) in [6.07, 6.45) is 3.41. The summed E-state index contributed by atoms with van der Waals surface area (Å²) in [5.41, 5.74) is 0. The van der Waals surface area contributed by atoms with Gasteiger partial charge in [0, 0.05) is 12.5 Å². The Bertz CT molecular complexity index is 284. The van der Waals surface area contributed by atoms with Crippen LogP contribution in [0, 0.1) is 5.92 Å². The molecule has 0 bridgehead atoms. The molecule has 0 spiro atoms. The molecule has 1 heterocycles. The summed E-state index contributed by atoms with van der Waals surface area (Å²) in [7, 11) is -2.95. The van der Waals surface area contributed by atoms with E-state index in [4.69, 9.17) is 16.3 Å². The molecule has 0 N–H and O–H groups in total. The molecule has 0 saturated carbocycles. The standard InChI is InChI=1S/C11H21ClO3S/c1-10(4-6-12)5-8-16(13,14)9-11-3-2-7-15-11/h10-11H,2-9H2,1H3. The van der Waals surface area contributed by atoms with Crippen LogP contribution < -0.4 is 0 Å². The smallest absolute Gasteiger partial charge is 0.152 e. The largest absolute Gasteiger partial charge is 0.377 e. The normalized spacial score (nSPS) is 23.5. The minimum absolute atomic E-state index is 0.0617. The predicted molar refractivity (Wildman–Crippen MR) is 66.7 cm³/mol. The van der Waals surface area contributed by atoms with Gasteiger partial charge in [-0.05, 0) is 31.6 Å². The second kappa shape index (κ2) is 6.82. The van der Waals surface area contributed by atoms with Crippen molar-refractivity contribution in [2.75, 3.05) is 24.0 Å². The van der Waals surface area contributed by atoms with E-state index in [1.54, 1.807) is 0 Å². The van der Waals surface area contributed by atoms with E-state index in [9.17, 15) is 8.42 Å². The third kappa shape index (κ3) is 5.51. The highest BCUT2D eigenvalue weighted by atomic mass is 35.5. The van der Waals surface area contributed by atoms with E-state index < -0.39 is 9.84 Å². The zero-order valence-corrected chi connectivity index (χ0v) is 11.4. The minimum Gasteiger partial charge on any atom is -0.377 e. The minimum atomic E-state index is -2.95. The maximum absolute atomic E-state index is 11.8. The van der Waals surface area contributed by atoms with Crippen LogP contribution in [0.15, 0.2) is 0 Å². The van der Waals surface area contributed by atoms with Crippen molar-refractivity contribution in [3.8, 4) is 0 Å². The third-order valence-corrected chi connectivity index (χ3v) is 4.94. The van der Waals surface area contributed by atoms with Crippen molar-refractivity contribution in [1.82, 2.24) is 0 Å². The molecular formula is C11H21ClO3S. The number of hydrogen-bond acceptors (Lipinski definition) is 3. The van der Waals surface area contributed by atoms with Crippen LogP contribution in [0.5, 0.6) is 0 Å². The molecule has 1 fully saturated rings. The number of hydrogen-bond donors (Lipinski definition) is 0. The Morgan fingerprint density at radius 2 is 2.19 bits per heavy atom. The Labute approximate surface area is 103 Å². The highest BCUT2D eigenvalue weighted by molar-refractivity contribution is 7.91. The van der Waals surface area contributed by atoms with E-state index in [0.29, 0.717) is 24.8 Å². The van der Waals surface area contributed by atoms with Gasteiger partial charge >= 0.3 is 0 Å². The fourth-order valence-corrected chi connectivity index (χ4v) is 3.98. The Morgan fingerprint density at radius 3 is 2.75 bits per heavy atom. The van der Waals surface area contributed by atoms with Crippen molar-refractivity contribution in [3.63, 3.8) is 0 Å². The van der Waals surface area contributed by atoms with Gasteiger partial charge in [-0.25, -0.2) is 8.42 Å². The number of rotatable bonds is 7. The first-order chi connectivity index (χ1) is 7.53. The van der Waals surface area contributed by atoms with Crippen LogP contribution in [0.3, 0.4) is 0 Å². The van der Waals surface area contributed by atoms with Crippen LogP contribution >= 0.6 is 11.6 Å². The van der Waals surface area contributed by atoms with Gasteiger partial charge in [0.1, 0.15) is 0 Å². The van der Waals surface area contributed by atoms with Gasteiger partial charge in [0.25, 0.3) is 0 Å². The fraction of sp³-hybridized carbons (Fsp3) is 1.00. The molecule has 1 rings (SSSR count). The molecule has 16 heavy (non-hydrogen) atoms. The summed E-state index contributed by atoms with van der Waals surface area (Å²) in [6.45, 7) is 2.76. The third-order valence-electron chi connectivity index (χ3n) is 2.99. The molecule has 0 aromatic carbocycles. The fourth-order valence-electron chi connectivity index (χ4n) is 1.85. The highest BCUT2D eigenvalue weighted by Crippen LogP contribution is 2.16. The number of halogens is 1. The quantitative estimate of drug-likeness (QED) is 0.665. The van der Waals surface area contributed by atoms with Gasteiger partial charge in [0.05, 0.1) is 17.6 Å². The second-order valence-corrected chi connectivity index (χ2v) is 7.23. The summed E-state index contributed by atoms with van der Waals surface area (Å²) in [6, 6.07) is 0. The Kier molecular flexibility index (Phi) is 6.08. The van der Waals surface area contributed by atoms with E-state index in [-0.39, 0.29) is 17.6 Å². The molecule has 2 atom stereocenters. The van der Waals surface area contributed by atoms with Crippen LogP contribution in [0.2, 0.25) is 0 Å². The van der Waals surface area contributed by atoms with Gasteiger partial charge in [-0.2, -0.15) is 0 Å². The zero-order chi connectivity index (χ0) is 12.0. The molecule has 1 aliphatic heterocycles. The van der Waals surface area contributed by atoms with Gasteiger partial charge in [-0.1, -0.05) is 6.92 Å². The van der Waals surface area contributed by atoms with Crippen molar-refractivity contribution in [2.45, 2.75) is 38.7 Å². The predicted octanol–water partition coefficient (Wildman–Crippen LogP) is 2.24. The van der Waals surface area contributed by atoms with Crippen LogP contribution in [-0.2, 0) is 14.6 Å². The van der Waals surface area contributed by atoms with Gasteiger partial charge in [-0.3, -0.25) is 0 Å². The lowest BCUT2D eigenvalue weighted by atomic mass is 10.1. The molecule has 3 nitrogen and oxygen atoms in total. The van der Waals surface area contributed by atoms with E-state index >= 15 is 0 Å². The van der Waals surface area contributed by atoms with Crippen LogP contribution in [-0.4, -0.2) is 38.5 Å². The van der Waals surface area contributed by atoms with Crippen molar-refractivity contribution < 1.29 is 13.2 Å². The van der Waals surface area contributed by atoms with Crippen LogP contribution in [0.4, 0.5) is 0 Å². The molecule has 0 aliphatic carbocycles. The Balaban J connectivity index is 2.27. The summed E-state index contributed by atoms with van der Waals surface area (Å²) in [4.78, 5) is 0. The van der Waals surface area contributed by atoms with Gasteiger partial charge in [0.2, 0.25) is 0 Å². The molecule has 0 aromatic rings. The number of alkyl halides is 1. The lowest BCUT2D eigenvalue weighted by molar-refractivity contribution is 0.127. The van der Waals surface area contributed by atoms with Crippen molar-refractivity contribution in [1.29, 1.82) is 0 Å². The van der Waals surface area contributed by atoms with E-state index in [0.717, 1.165) is 19.3 Å². The van der Waals surface area contributed by atoms with Gasteiger partial charge in [-0.15, -0.1) is 11.6 Å². The van der Waals surface area contributed by atoms with Crippen LogP contribution in [0.1, 0.15) is 32.6 Å². The Hall–Kier alpha value is 0.200. The lowest BCUT2D eigenvalue weighted by Gasteiger charge is -2.12. The first kappa shape index (κ1) is 14.3. The molecule has 2 unspecified atom stereocenters. The summed E-state index contributed by atoms with van der Waals surface area (Å²) in [5, 5.41) is 0. The molecular weight excluding hydrogens is 248 g/mol. The first-order valence-corrected chi connectivity index (χ1v) is 8.27. The summed E-state index contributed by atoms with van der Waals surface area (Å²) < 4.78 is 28.9. The summed E-state index contributed by atoms with van der Waals surface area (Å²) in [5.74, 6) is 1.45. The van der Waals surface area contributed by atoms with E-state index in [1.807, 2.05) is 6.92 Å². The molecule has 1 aliphatic rings. The second-order valence-electron chi connectivity index (χ2n) is 4.62. The van der Waals surface area contributed by atoms with Crippen molar-refractivity contribution in [2.24, 2.45) is 5.92 Å². The molecule has 0 amide bonds. The number of sulfone groups is 1. The van der Waals surface area contributed by atoms with Gasteiger partial charge in [0.15, 0.2) is 9.84 Å². The molecule has 96 valence electrons. The maximum atomic E-state index is 11.8. The monoisotopic (exact) mass is 268 g/mol. The lowest BCUT2D eigenvalue weighted by Crippen LogP contribution is -2.23. The average Bonchev–Trinajstić information content (AvgIpc) is 2.67. The topological polar surface area (TPSA) is 43.4 Å². The van der Waals surface area contributed by atoms with E-state index in [2.05, 4.69) is 0 Å². The highest BCUT2D eigenvalue weighted by Gasteiger charge is 2.23. The first-order valence-electron chi connectivity index (χ1n) is 5.91. The maximum Gasteiger partial charge on any atom is 0.152 e. The summed E-state index contributed by atoms with van der Waals surface area (Å²) >= 11 is 5.61.